The highest BCUT2D eigenvalue weighted by atomic mass is 32.2. The fourth-order valence-electron chi connectivity index (χ4n) is 2.06. The molecule has 0 spiro atoms. The van der Waals surface area contributed by atoms with Crippen molar-refractivity contribution in [3.05, 3.63) is 17.5 Å². The number of aryl methyl sites for hydroxylation is 2. The van der Waals surface area contributed by atoms with Crippen molar-refractivity contribution in [2.24, 2.45) is 5.84 Å². The Bertz CT molecular complexity index is 496. The van der Waals surface area contributed by atoms with Crippen molar-refractivity contribution < 1.29 is 8.42 Å². The van der Waals surface area contributed by atoms with Crippen molar-refractivity contribution in [2.45, 2.75) is 45.7 Å². The molecule has 1 aromatic heterocycles. The summed E-state index contributed by atoms with van der Waals surface area (Å²) in [7, 11) is -2.92. The van der Waals surface area contributed by atoms with Crippen molar-refractivity contribution in [1.29, 1.82) is 0 Å². The van der Waals surface area contributed by atoms with Gasteiger partial charge >= 0.3 is 0 Å². The predicted molar refractivity (Wildman–Crippen MR) is 76.3 cm³/mol. The lowest BCUT2D eigenvalue weighted by Crippen LogP contribution is -2.30. The number of nitrogens with two attached hydrogens (primary N) is 1. The van der Waals surface area contributed by atoms with Crippen LogP contribution in [-0.4, -0.2) is 30.2 Å². The fourth-order valence-corrected chi connectivity index (χ4v) is 2.75. The molecule has 1 atom stereocenters. The Kier molecular flexibility index (Phi) is 5.96. The van der Waals surface area contributed by atoms with Gasteiger partial charge in [-0.15, -0.1) is 0 Å². The average molecular weight is 288 g/mol. The Balaban J connectivity index is 2.76. The topological polar surface area (TPSA) is 90.0 Å². The molecule has 1 rings (SSSR count). The van der Waals surface area contributed by atoms with Crippen LogP contribution in [0.15, 0.2) is 6.07 Å². The van der Waals surface area contributed by atoms with Gasteiger partial charge in [-0.05, 0) is 32.3 Å². The summed E-state index contributed by atoms with van der Waals surface area (Å²) < 4.78 is 24.2. The molecule has 0 fully saturated rings. The van der Waals surface area contributed by atoms with E-state index < -0.39 is 9.84 Å². The molecule has 7 heteroatoms. The van der Waals surface area contributed by atoms with E-state index in [-0.39, 0.29) is 11.8 Å². The number of sulfone groups is 1. The first kappa shape index (κ1) is 16.1. The molecule has 6 nitrogen and oxygen atoms in total. The van der Waals surface area contributed by atoms with Crippen LogP contribution in [0.3, 0.4) is 0 Å². The predicted octanol–water partition coefficient (Wildman–Crippen LogP) is 0.795. The standard InChI is InChI=1S/C12H24N4O2S/c1-4-10-9-12(16(5-2)15-10)11(14-13)7-6-8-19(3,17)18/h9,11,14H,4-8,13H2,1-3H3. The molecule has 0 aliphatic carbocycles. The lowest BCUT2D eigenvalue weighted by atomic mass is 10.1. The van der Waals surface area contributed by atoms with E-state index in [9.17, 15) is 8.42 Å². The number of nitrogens with zero attached hydrogens (tertiary/aromatic N) is 2. The molecule has 0 bridgehead atoms. The molecule has 1 aromatic rings. The molecule has 0 aromatic carbocycles. The molecule has 19 heavy (non-hydrogen) atoms. The summed E-state index contributed by atoms with van der Waals surface area (Å²) in [6.07, 6.45) is 3.40. The monoisotopic (exact) mass is 288 g/mol. The van der Waals surface area contributed by atoms with Gasteiger partial charge < -0.3 is 0 Å². The molecule has 1 heterocycles. The molecule has 110 valence electrons. The average Bonchev–Trinajstić information content (AvgIpc) is 2.76. The smallest absolute Gasteiger partial charge is 0.147 e. The molecule has 0 radical (unpaired) electrons. The largest absolute Gasteiger partial charge is 0.271 e. The molecular weight excluding hydrogens is 264 g/mol. The summed E-state index contributed by atoms with van der Waals surface area (Å²) in [4.78, 5) is 0. The third kappa shape index (κ3) is 4.93. The minimum atomic E-state index is -2.92. The van der Waals surface area contributed by atoms with Crippen molar-refractivity contribution in [2.75, 3.05) is 12.0 Å². The number of aromatic nitrogens is 2. The molecule has 0 aliphatic rings. The molecule has 0 saturated heterocycles. The lowest BCUT2D eigenvalue weighted by Gasteiger charge is -2.16. The van der Waals surface area contributed by atoms with Crippen LogP contribution < -0.4 is 11.3 Å². The van der Waals surface area contributed by atoms with E-state index >= 15 is 0 Å². The third-order valence-corrected chi connectivity index (χ3v) is 4.12. The molecule has 0 amide bonds. The molecule has 1 unspecified atom stereocenters. The summed E-state index contributed by atoms with van der Waals surface area (Å²) in [6, 6.07) is 1.98. The van der Waals surface area contributed by atoms with Gasteiger partial charge in [-0.3, -0.25) is 16.0 Å². The first-order valence-electron chi connectivity index (χ1n) is 6.61. The van der Waals surface area contributed by atoms with E-state index in [0.29, 0.717) is 12.8 Å². The second kappa shape index (κ2) is 7.02. The zero-order valence-corrected chi connectivity index (χ0v) is 12.7. The van der Waals surface area contributed by atoms with Crippen LogP contribution >= 0.6 is 0 Å². The molecule has 0 saturated carbocycles. The normalized spacial score (nSPS) is 13.7. The van der Waals surface area contributed by atoms with Gasteiger partial charge in [0.1, 0.15) is 9.84 Å². The summed E-state index contributed by atoms with van der Waals surface area (Å²) in [6.45, 7) is 4.86. The van der Waals surface area contributed by atoms with Crippen molar-refractivity contribution in [3.63, 3.8) is 0 Å². The van der Waals surface area contributed by atoms with E-state index in [1.807, 2.05) is 17.7 Å². The van der Waals surface area contributed by atoms with E-state index in [1.165, 1.54) is 6.26 Å². The summed E-state index contributed by atoms with van der Waals surface area (Å²) in [5.74, 6) is 5.77. The number of hydrogen-bond donors (Lipinski definition) is 2. The molecule has 0 aliphatic heterocycles. The van der Waals surface area contributed by atoms with Crippen LogP contribution in [0, 0.1) is 0 Å². The number of nitrogens with one attached hydrogen (secondary N) is 1. The van der Waals surface area contributed by atoms with Crippen molar-refractivity contribution >= 4 is 9.84 Å². The maximum absolute atomic E-state index is 11.1. The highest BCUT2D eigenvalue weighted by Crippen LogP contribution is 2.19. The van der Waals surface area contributed by atoms with Gasteiger partial charge in [0.25, 0.3) is 0 Å². The van der Waals surface area contributed by atoms with Gasteiger partial charge in [0, 0.05) is 18.6 Å². The zero-order chi connectivity index (χ0) is 14.5. The first-order valence-corrected chi connectivity index (χ1v) is 8.67. The van der Waals surface area contributed by atoms with E-state index in [4.69, 9.17) is 5.84 Å². The Morgan fingerprint density at radius 1 is 1.47 bits per heavy atom. The highest BCUT2D eigenvalue weighted by molar-refractivity contribution is 7.90. The van der Waals surface area contributed by atoms with Gasteiger partial charge in [-0.1, -0.05) is 6.92 Å². The second-order valence-electron chi connectivity index (χ2n) is 4.72. The van der Waals surface area contributed by atoms with E-state index in [2.05, 4.69) is 17.4 Å². The maximum Gasteiger partial charge on any atom is 0.147 e. The summed E-state index contributed by atoms with van der Waals surface area (Å²) in [5, 5.41) is 4.48. The Hall–Kier alpha value is -0.920. The van der Waals surface area contributed by atoms with Crippen LogP contribution in [0.2, 0.25) is 0 Å². The molecular formula is C12H24N4O2S. The minimum absolute atomic E-state index is 0.0606. The molecule has 3 N–H and O–H groups in total. The van der Waals surface area contributed by atoms with Crippen LogP contribution in [0.5, 0.6) is 0 Å². The second-order valence-corrected chi connectivity index (χ2v) is 6.98. The number of hydrazine groups is 1. The van der Waals surface area contributed by atoms with Crippen LogP contribution in [0.25, 0.3) is 0 Å². The summed E-state index contributed by atoms with van der Waals surface area (Å²) >= 11 is 0. The highest BCUT2D eigenvalue weighted by Gasteiger charge is 2.16. The summed E-state index contributed by atoms with van der Waals surface area (Å²) in [5.41, 5.74) is 4.81. The SMILES string of the molecule is CCc1cc(C(CCCS(C)(=O)=O)NN)n(CC)n1. The lowest BCUT2D eigenvalue weighted by molar-refractivity contribution is 0.461. The Morgan fingerprint density at radius 2 is 2.16 bits per heavy atom. The van der Waals surface area contributed by atoms with Crippen LogP contribution in [-0.2, 0) is 22.8 Å². The Labute approximate surface area is 115 Å². The van der Waals surface area contributed by atoms with Gasteiger partial charge in [-0.25, -0.2) is 8.42 Å². The zero-order valence-electron chi connectivity index (χ0n) is 11.9. The first-order chi connectivity index (χ1) is 8.91. The number of hydrogen-bond acceptors (Lipinski definition) is 5. The van der Waals surface area contributed by atoms with Gasteiger partial charge in [0.15, 0.2) is 0 Å². The fraction of sp³-hybridized carbons (Fsp3) is 0.750. The van der Waals surface area contributed by atoms with E-state index in [1.54, 1.807) is 0 Å². The third-order valence-electron chi connectivity index (χ3n) is 3.09. The van der Waals surface area contributed by atoms with Gasteiger partial charge in [0.05, 0.1) is 17.4 Å². The van der Waals surface area contributed by atoms with Gasteiger partial charge in [0.2, 0.25) is 0 Å². The quantitative estimate of drug-likeness (QED) is 0.545. The minimum Gasteiger partial charge on any atom is -0.271 e. The van der Waals surface area contributed by atoms with E-state index in [0.717, 1.165) is 24.4 Å². The van der Waals surface area contributed by atoms with Gasteiger partial charge in [-0.2, -0.15) is 5.10 Å². The number of rotatable bonds is 8. The maximum atomic E-state index is 11.1. The van der Waals surface area contributed by atoms with Crippen molar-refractivity contribution in [1.82, 2.24) is 15.2 Å². The van der Waals surface area contributed by atoms with Crippen LogP contribution in [0.1, 0.15) is 44.1 Å². The van der Waals surface area contributed by atoms with Crippen molar-refractivity contribution in [3.8, 4) is 0 Å². The Morgan fingerprint density at radius 3 is 2.63 bits per heavy atom. The van der Waals surface area contributed by atoms with Crippen LogP contribution in [0.4, 0.5) is 0 Å².